The van der Waals surface area contributed by atoms with Crippen molar-refractivity contribution >= 4 is 0 Å². The number of hydrogen-bond donors (Lipinski definition) is 0. The minimum atomic E-state index is -6.26. The van der Waals surface area contributed by atoms with E-state index >= 15 is 0 Å². The fraction of sp³-hybridized carbons (Fsp3) is 1.00. The Hall–Kier alpha value is -1.00. The average Bonchev–Trinajstić information content (AvgIpc) is 2.70. The summed E-state index contributed by atoms with van der Waals surface area (Å²) in [4.78, 5) is 0. The fourth-order valence-electron chi connectivity index (χ4n) is 4.94. The van der Waals surface area contributed by atoms with Crippen molar-refractivity contribution in [3.05, 3.63) is 0 Å². The van der Waals surface area contributed by atoms with Crippen molar-refractivity contribution in [3.8, 4) is 0 Å². The zero-order valence-electron chi connectivity index (χ0n) is 19.7. The van der Waals surface area contributed by atoms with Crippen LogP contribution in [0.4, 0.5) is 52.7 Å². The maximum absolute atomic E-state index is 14.1. The molecular weight excluding hydrogens is 532 g/mol. The van der Waals surface area contributed by atoms with Gasteiger partial charge in [-0.05, 0) is 31.1 Å². The van der Waals surface area contributed by atoms with Crippen LogP contribution < -0.4 is 0 Å². The maximum Gasteiger partial charge on any atom is 0.426 e. The molecule has 0 aliphatic heterocycles. The summed E-state index contributed by atoms with van der Waals surface area (Å²) in [6, 6.07) is 0. The highest BCUT2D eigenvalue weighted by Crippen LogP contribution is 2.61. The van der Waals surface area contributed by atoms with E-state index in [0.717, 1.165) is 0 Å². The first-order chi connectivity index (χ1) is 16.2. The summed E-state index contributed by atoms with van der Waals surface area (Å²) in [6.07, 6.45) is -28.8. The van der Waals surface area contributed by atoms with E-state index in [9.17, 15) is 52.7 Å². The highest BCUT2D eigenvalue weighted by molar-refractivity contribution is 5.09. The van der Waals surface area contributed by atoms with Gasteiger partial charge >= 0.3 is 24.7 Å². The number of rotatable bonds is 10. The Kier molecular flexibility index (Phi) is 10.5. The van der Waals surface area contributed by atoms with Crippen LogP contribution in [0.5, 0.6) is 0 Å². The third-order valence-electron chi connectivity index (χ3n) is 6.84. The summed E-state index contributed by atoms with van der Waals surface area (Å²) >= 11 is 0. The molecule has 0 N–H and O–H groups in total. The molecule has 1 rings (SSSR count). The second-order valence-corrected chi connectivity index (χ2v) is 8.81. The van der Waals surface area contributed by atoms with Crippen molar-refractivity contribution in [1.29, 1.82) is 0 Å². The molecule has 3 unspecified atom stereocenters. The van der Waals surface area contributed by atoms with E-state index in [-0.39, 0.29) is 6.42 Å². The first kappa shape index (κ1) is 33.0. The predicted octanol–water partition coefficient (Wildman–Crippen LogP) is 7.03. The van der Waals surface area contributed by atoms with Gasteiger partial charge < -0.3 is 18.9 Å². The molecule has 0 amide bonds. The van der Waals surface area contributed by atoms with Crippen LogP contribution in [0.1, 0.15) is 39.5 Å². The number of ether oxygens (including phenoxy) is 4. The lowest BCUT2D eigenvalue weighted by Gasteiger charge is -2.52. The molecule has 0 radical (unpaired) electrons. The van der Waals surface area contributed by atoms with Crippen LogP contribution in [0.3, 0.4) is 0 Å². The summed E-state index contributed by atoms with van der Waals surface area (Å²) in [5, 5.41) is 0. The van der Waals surface area contributed by atoms with Gasteiger partial charge in [-0.2, -0.15) is 52.7 Å². The van der Waals surface area contributed by atoms with Crippen molar-refractivity contribution in [2.75, 3.05) is 27.8 Å². The van der Waals surface area contributed by atoms with Gasteiger partial charge in [0.1, 0.15) is 13.6 Å². The molecule has 0 aromatic carbocycles. The lowest BCUT2D eigenvalue weighted by Crippen LogP contribution is -2.68. The molecule has 0 heterocycles. The summed E-state index contributed by atoms with van der Waals surface area (Å²) in [7, 11) is 1.42. The largest absolute Gasteiger partial charge is 0.426 e. The smallest absolute Gasteiger partial charge is 0.359 e. The molecule has 1 aliphatic carbocycles. The second kappa shape index (κ2) is 11.4. The second-order valence-electron chi connectivity index (χ2n) is 8.81. The van der Waals surface area contributed by atoms with Crippen molar-refractivity contribution in [2.24, 2.45) is 23.7 Å². The van der Waals surface area contributed by atoms with Gasteiger partial charge in [0.05, 0.1) is 0 Å². The minimum Gasteiger partial charge on any atom is -0.359 e. The molecule has 1 saturated carbocycles. The molecule has 0 aromatic rings. The molecule has 216 valence electrons. The van der Waals surface area contributed by atoms with Gasteiger partial charge in [0.2, 0.25) is 0 Å². The van der Waals surface area contributed by atoms with Gasteiger partial charge in [0.15, 0.2) is 0 Å². The van der Waals surface area contributed by atoms with Crippen LogP contribution in [0.2, 0.25) is 0 Å². The molecule has 36 heavy (non-hydrogen) atoms. The zero-order chi connectivity index (χ0) is 28.4. The zero-order valence-corrected chi connectivity index (χ0v) is 19.7. The Morgan fingerprint density at radius 1 is 0.611 bits per heavy atom. The first-order valence-corrected chi connectivity index (χ1v) is 10.7. The molecule has 16 heteroatoms. The summed E-state index contributed by atoms with van der Waals surface area (Å²) < 4.78 is 186. The van der Waals surface area contributed by atoms with Gasteiger partial charge in [0.25, 0.3) is 11.2 Å². The van der Waals surface area contributed by atoms with E-state index in [1.807, 2.05) is 0 Å². The Morgan fingerprint density at radius 2 is 0.917 bits per heavy atom. The maximum atomic E-state index is 14.1. The lowest BCUT2D eigenvalue weighted by molar-refractivity contribution is -0.427. The van der Waals surface area contributed by atoms with Crippen molar-refractivity contribution in [2.45, 2.75) is 75.4 Å². The van der Waals surface area contributed by atoms with E-state index in [1.54, 1.807) is 0 Å². The highest BCUT2D eigenvalue weighted by Gasteiger charge is 2.80. The molecular formula is C20H28F12O4. The van der Waals surface area contributed by atoms with E-state index in [2.05, 4.69) is 18.9 Å². The molecule has 3 atom stereocenters. The van der Waals surface area contributed by atoms with Crippen molar-refractivity contribution in [3.63, 3.8) is 0 Å². The average molecular weight is 560 g/mol. The highest BCUT2D eigenvalue weighted by atomic mass is 19.4. The van der Waals surface area contributed by atoms with Crippen LogP contribution in [0.25, 0.3) is 0 Å². The number of alkyl halides is 12. The fourth-order valence-corrected chi connectivity index (χ4v) is 4.94. The number of hydrogen-bond acceptors (Lipinski definition) is 4. The van der Waals surface area contributed by atoms with Crippen molar-refractivity contribution < 1.29 is 71.6 Å². The number of methoxy groups -OCH3 is 2. The molecule has 1 fully saturated rings. The Balaban J connectivity index is 3.92. The van der Waals surface area contributed by atoms with Gasteiger partial charge in [0, 0.05) is 26.1 Å². The first-order valence-electron chi connectivity index (χ1n) is 10.7. The lowest BCUT2D eigenvalue weighted by atomic mass is 9.60. The third kappa shape index (κ3) is 6.01. The van der Waals surface area contributed by atoms with Gasteiger partial charge in [-0.15, -0.1) is 0 Å². The molecule has 1 aliphatic rings. The standard InChI is InChI=1S/C20H28F12O4/c1-5-11(2)12-6-13(15(17(21,22)23,18(24,25)26)35-9-33-3)8-14(7-12)16(19(27,28)29,20(30,31)32)36-10-34-4/h11-14H,5-10H2,1-4H3. The summed E-state index contributed by atoms with van der Waals surface area (Å²) in [5.74, 6) is -7.95. The van der Waals surface area contributed by atoms with E-state index in [4.69, 9.17) is 0 Å². The SMILES string of the molecule is CCC(C)C1CC(C(OCOC)(C(F)(F)F)C(F)(F)F)CC(C(OCOC)(C(F)(F)F)C(F)(F)F)C1. The van der Waals surface area contributed by atoms with Gasteiger partial charge in [-0.1, -0.05) is 20.3 Å². The molecule has 4 nitrogen and oxygen atoms in total. The normalized spacial score (nSPS) is 24.2. The quantitative estimate of drug-likeness (QED) is 0.212. The molecule has 0 spiro atoms. The molecule has 0 bridgehead atoms. The Bertz CT molecular complexity index is 606. The van der Waals surface area contributed by atoms with E-state index < -0.39 is 92.4 Å². The van der Waals surface area contributed by atoms with Crippen LogP contribution in [-0.2, 0) is 18.9 Å². The summed E-state index contributed by atoms with van der Waals surface area (Å²) in [5.41, 5.74) is -10.2. The monoisotopic (exact) mass is 560 g/mol. The van der Waals surface area contributed by atoms with Gasteiger partial charge in [-0.3, -0.25) is 0 Å². The van der Waals surface area contributed by atoms with Gasteiger partial charge in [-0.25, -0.2) is 0 Å². The van der Waals surface area contributed by atoms with E-state index in [0.29, 0.717) is 14.2 Å². The molecule has 0 aromatic heterocycles. The predicted molar refractivity (Wildman–Crippen MR) is 99.4 cm³/mol. The van der Waals surface area contributed by atoms with Crippen LogP contribution in [0.15, 0.2) is 0 Å². The van der Waals surface area contributed by atoms with E-state index in [1.165, 1.54) is 13.8 Å². The van der Waals surface area contributed by atoms with Crippen LogP contribution in [-0.4, -0.2) is 63.7 Å². The molecule has 0 saturated heterocycles. The minimum absolute atomic E-state index is 0.0675. The number of halogens is 12. The van der Waals surface area contributed by atoms with Crippen LogP contribution in [0, 0.1) is 23.7 Å². The third-order valence-corrected chi connectivity index (χ3v) is 6.84. The van der Waals surface area contributed by atoms with Crippen molar-refractivity contribution in [1.82, 2.24) is 0 Å². The Labute approximate surface area is 199 Å². The topological polar surface area (TPSA) is 36.9 Å². The Morgan fingerprint density at radius 3 is 1.14 bits per heavy atom. The summed E-state index contributed by atoms with van der Waals surface area (Å²) in [6.45, 7) is -0.369. The van der Waals surface area contributed by atoms with Crippen LogP contribution >= 0.6 is 0 Å².